The number of rotatable bonds is 33. The molecule has 1 aliphatic rings. The van der Waals surface area contributed by atoms with E-state index in [4.69, 9.17) is 17.2 Å². The lowest BCUT2D eigenvalue weighted by molar-refractivity contribution is -0.143. The number of carbonyl (C=O) groups is 11. The molecule has 1 aliphatic heterocycles. The number of aromatic hydroxyl groups is 1. The minimum atomic E-state index is -1.69. The number of aliphatic carboxylic acids is 2. The van der Waals surface area contributed by atoms with Gasteiger partial charge in [0.2, 0.25) is 53.2 Å². The number of carboxylic acid groups (broad SMARTS) is 2. The molecule has 28 heteroatoms. The maximum absolute atomic E-state index is 14.5. The SMILES string of the molecule is CC[C@H](C)[C@H](NC(=O)[C@H](Cc1ccccc1)NC(=O)[C@H](CCCN=C(N)N)NC(=O)[C@@H]1CCCN1C(=O)[C@H](CCC(=O)O)NC(=O)CN)C(=O)N[C@@H](CO)C(=O)N[C@H](C(=O)NCC(=O)N[C@@H](Cc1ccc(O)cc1)C(=O)O)C(C)C. The van der Waals surface area contributed by atoms with Gasteiger partial charge in [-0.2, -0.15) is 0 Å². The summed E-state index contributed by atoms with van der Waals surface area (Å²) in [4.78, 5) is 151. The first-order valence-corrected chi connectivity index (χ1v) is 26.2. The molecule has 1 saturated heterocycles. The second-order valence-corrected chi connectivity index (χ2v) is 19.6. The highest BCUT2D eigenvalue weighted by Crippen LogP contribution is 2.21. The average Bonchev–Trinajstić information content (AvgIpc) is 3.93. The summed E-state index contributed by atoms with van der Waals surface area (Å²) in [6.45, 7) is 4.44. The summed E-state index contributed by atoms with van der Waals surface area (Å²) in [5.74, 6) is -11.7. The van der Waals surface area contributed by atoms with Crippen LogP contribution in [-0.2, 0) is 65.6 Å². The van der Waals surface area contributed by atoms with Crippen molar-refractivity contribution in [1.29, 1.82) is 0 Å². The maximum Gasteiger partial charge on any atom is 0.326 e. The van der Waals surface area contributed by atoms with Crippen molar-refractivity contribution >= 4 is 71.1 Å². The van der Waals surface area contributed by atoms with Gasteiger partial charge >= 0.3 is 11.9 Å². The molecule has 80 heavy (non-hydrogen) atoms. The number of guanidine groups is 1. The van der Waals surface area contributed by atoms with Gasteiger partial charge in [-0.05, 0) is 67.2 Å². The van der Waals surface area contributed by atoms with E-state index in [1.165, 1.54) is 29.2 Å². The molecule has 0 bridgehead atoms. The number of phenols is 1. The van der Waals surface area contributed by atoms with Crippen molar-refractivity contribution in [2.45, 2.75) is 134 Å². The first kappa shape index (κ1) is 65.9. The molecule has 3 rings (SSSR count). The Morgan fingerprint density at radius 2 is 1.26 bits per heavy atom. The molecule has 2 aromatic rings. The van der Waals surface area contributed by atoms with Crippen LogP contribution in [0.15, 0.2) is 59.6 Å². The minimum Gasteiger partial charge on any atom is -0.508 e. The summed E-state index contributed by atoms with van der Waals surface area (Å²) >= 11 is 0. The number of carbonyl (C=O) groups excluding carboxylic acids is 9. The van der Waals surface area contributed by atoms with Gasteiger partial charge in [-0.1, -0.05) is 76.6 Å². The van der Waals surface area contributed by atoms with Crippen LogP contribution in [0.25, 0.3) is 0 Å². The van der Waals surface area contributed by atoms with Crippen LogP contribution in [0.2, 0.25) is 0 Å². The van der Waals surface area contributed by atoms with Crippen molar-refractivity contribution < 1.29 is 73.2 Å². The number of benzene rings is 2. The highest BCUT2D eigenvalue weighted by atomic mass is 16.4. The van der Waals surface area contributed by atoms with Gasteiger partial charge in [0.1, 0.15) is 54.1 Å². The highest BCUT2D eigenvalue weighted by Gasteiger charge is 2.40. The molecule has 0 radical (unpaired) electrons. The van der Waals surface area contributed by atoms with Crippen LogP contribution in [0, 0.1) is 11.8 Å². The Hall–Kier alpha value is -8.40. The molecule has 440 valence electrons. The van der Waals surface area contributed by atoms with E-state index in [9.17, 15) is 73.2 Å². The van der Waals surface area contributed by atoms with Crippen LogP contribution in [-0.4, -0.2) is 178 Å². The number of aliphatic hydroxyl groups excluding tert-OH is 1. The van der Waals surface area contributed by atoms with E-state index in [1.54, 1.807) is 58.0 Å². The zero-order valence-corrected chi connectivity index (χ0v) is 45.3. The number of hydrogen-bond acceptors (Lipinski definition) is 15. The number of aliphatic imine (C=N–C) groups is 1. The third kappa shape index (κ3) is 21.8. The first-order valence-electron chi connectivity index (χ1n) is 26.2. The van der Waals surface area contributed by atoms with Crippen LogP contribution < -0.4 is 59.7 Å². The molecule has 9 atom stereocenters. The minimum absolute atomic E-state index is 0.0275. The largest absolute Gasteiger partial charge is 0.508 e. The molecule has 0 aliphatic carbocycles. The second kappa shape index (κ2) is 33.1. The maximum atomic E-state index is 14.5. The molecule has 1 heterocycles. The molecule has 9 amide bonds. The first-order chi connectivity index (χ1) is 37.9. The Morgan fingerprint density at radius 1 is 0.675 bits per heavy atom. The molecule has 0 spiro atoms. The van der Waals surface area contributed by atoms with E-state index in [0.717, 1.165) is 0 Å². The number of aliphatic hydroxyl groups is 1. The fraction of sp³-hybridized carbons (Fsp3) is 0.538. The number of nitrogens with one attached hydrogen (secondary N) is 8. The molecule has 2 aromatic carbocycles. The van der Waals surface area contributed by atoms with Crippen LogP contribution in [0.3, 0.4) is 0 Å². The van der Waals surface area contributed by atoms with Crippen molar-refractivity contribution in [3.8, 4) is 5.75 Å². The lowest BCUT2D eigenvalue weighted by atomic mass is 9.96. The summed E-state index contributed by atoms with van der Waals surface area (Å²) in [6, 6.07) is 3.07. The van der Waals surface area contributed by atoms with E-state index in [-0.39, 0.29) is 63.3 Å². The molecule has 28 nitrogen and oxygen atoms in total. The van der Waals surface area contributed by atoms with Crippen molar-refractivity contribution in [3.05, 3.63) is 65.7 Å². The van der Waals surface area contributed by atoms with E-state index < -0.39 is 151 Å². The second-order valence-electron chi connectivity index (χ2n) is 19.6. The molecule has 0 aromatic heterocycles. The van der Waals surface area contributed by atoms with Gasteiger partial charge in [0.25, 0.3) is 0 Å². The lowest BCUT2D eigenvalue weighted by Gasteiger charge is -2.31. The Bertz CT molecular complexity index is 2490. The van der Waals surface area contributed by atoms with Crippen molar-refractivity contribution in [2.75, 3.05) is 32.8 Å². The summed E-state index contributed by atoms with van der Waals surface area (Å²) in [5.41, 5.74) is 17.5. The van der Waals surface area contributed by atoms with Crippen LogP contribution in [0.1, 0.15) is 83.8 Å². The number of hydrogen-bond donors (Lipinski definition) is 15. The van der Waals surface area contributed by atoms with Gasteiger partial charge in [-0.3, -0.25) is 52.9 Å². The van der Waals surface area contributed by atoms with Gasteiger partial charge in [-0.15, -0.1) is 0 Å². The Balaban J connectivity index is 1.82. The molecular formula is C52H77N13O15. The molecule has 0 saturated carbocycles. The topological polar surface area (TPSA) is 459 Å². The van der Waals surface area contributed by atoms with Gasteiger partial charge in [0.15, 0.2) is 5.96 Å². The number of likely N-dealkylation sites (tertiary alicyclic amines) is 1. The average molecular weight is 1120 g/mol. The van der Waals surface area contributed by atoms with Crippen molar-refractivity contribution in [3.63, 3.8) is 0 Å². The zero-order valence-electron chi connectivity index (χ0n) is 45.3. The monoisotopic (exact) mass is 1120 g/mol. The predicted octanol–water partition coefficient (Wildman–Crippen LogP) is -3.67. The Labute approximate surface area is 462 Å². The molecule has 1 fully saturated rings. The summed E-state index contributed by atoms with van der Waals surface area (Å²) in [7, 11) is 0. The Kier molecular flexibility index (Phi) is 27.3. The van der Waals surface area contributed by atoms with Crippen molar-refractivity contribution in [2.24, 2.45) is 34.0 Å². The third-order valence-corrected chi connectivity index (χ3v) is 13.1. The quantitative estimate of drug-likeness (QED) is 0.0186. The van der Waals surface area contributed by atoms with E-state index in [0.29, 0.717) is 24.0 Å². The van der Waals surface area contributed by atoms with Gasteiger partial charge < -0.3 is 85.1 Å². The molecular weight excluding hydrogens is 1050 g/mol. The number of nitrogens with zero attached hydrogens (tertiary/aromatic N) is 2. The third-order valence-electron chi connectivity index (χ3n) is 13.1. The van der Waals surface area contributed by atoms with Crippen LogP contribution >= 0.6 is 0 Å². The van der Waals surface area contributed by atoms with Gasteiger partial charge in [0.05, 0.1) is 19.7 Å². The van der Waals surface area contributed by atoms with Gasteiger partial charge in [0, 0.05) is 32.4 Å². The van der Waals surface area contributed by atoms with Crippen LogP contribution in [0.5, 0.6) is 5.75 Å². The highest BCUT2D eigenvalue weighted by molar-refractivity contribution is 5.98. The number of phenolic OH excluding ortho intramolecular Hbond substituents is 1. The fourth-order valence-corrected chi connectivity index (χ4v) is 8.44. The molecule has 18 N–H and O–H groups in total. The summed E-state index contributed by atoms with van der Waals surface area (Å²) < 4.78 is 0. The normalized spacial score (nSPS) is 15.9. The molecule has 0 unspecified atom stereocenters. The standard InChI is InChI=1S/C52H77N13O15/c1-5-29(4)43(49(77)62-37(27-66)46(74)63-42(28(2)3)48(76)57-26-40(69)59-36(51(79)80)24-31-15-17-32(67)18-16-31)64-45(73)35(23-30-11-7-6-8-12-30)61-44(72)33(13-9-21-56-52(54)55)60-47(75)38-14-10-22-65(38)50(78)34(19-20-41(70)71)58-39(68)25-53/h6-8,11-12,15-18,28-29,33-38,42-43,66-67H,5,9-10,13-14,19-27,53H2,1-4H3,(H,57,76)(H,58,68)(H,59,69)(H,60,75)(H,61,72)(H,62,77)(H,63,74)(H,64,73)(H,70,71)(H,79,80)(H4,54,55,56)/t29-,33-,34-,35-,36-,37-,38-,42-,43-/m0/s1. The van der Waals surface area contributed by atoms with E-state index in [2.05, 4.69) is 47.5 Å². The summed E-state index contributed by atoms with van der Waals surface area (Å²) in [6.07, 6.45) is -0.221. The fourth-order valence-electron chi connectivity index (χ4n) is 8.44. The number of amides is 9. The number of carboxylic acids is 2. The van der Waals surface area contributed by atoms with Gasteiger partial charge in [-0.25, -0.2) is 4.79 Å². The van der Waals surface area contributed by atoms with Crippen molar-refractivity contribution in [1.82, 2.24) is 47.4 Å². The lowest BCUT2D eigenvalue weighted by Crippen LogP contribution is -2.62. The summed E-state index contributed by atoms with van der Waals surface area (Å²) in [5, 5.41) is 58.9. The predicted molar refractivity (Wildman–Crippen MR) is 288 cm³/mol. The van der Waals surface area contributed by atoms with Crippen LogP contribution in [0.4, 0.5) is 0 Å². The zero-order chi connectivity index (χ0) is 59.6. The number of nitrogens with two attached hydrogens (primary N) is 3. The van der Waals surface area contributed by atoms with E-state index in [1.807, 2.05) is 0 Å². The smallest absolute Gasteiger partial charge is 0.326 e. The Morgan fingerprint density at radius 3 is 1.85 bits per heavy atom. The van der Waals surface area contributed by atoms with E-state index >= 15 is 0 Å².